The molecule has 0 saturated carbocycles. The van der Waals surface area contributed by atoms with Gasteiger partial charge in [0.1, 0.15) is 0 Å². The fourth-order valence-corrected chi connectivity index (χ4v) is 4.19. The molecule has 19 heavy (non-hydrogen) atoms. The summed E-state index contributed by atoms with van der Waals surface area (Å²) in [6.07, 6.45) is 1.95. The highest BCUT2D eigenvalue weighted by molar-refractivity contribution is 7.89. The van der Waals surface area contributed by atoms with E-state index in [1.165, 1.54) is 0 Å². The summed E-state index contributed by atoms with van der Waals surface area (Å²) in [6.45, 7) is 6.72. The molecule has 106 valence electrons. The van der Waals surface area contributed by atoms with Crippen molar-refractivity contribution < 1.29 is 13.2 Å². The molecular weight excluding hydrogens is 262 g/mol. The molecular formula is C14H21NO3S. The second-order valence-electron chi connectivity index (χ2n) is 5.21. The van der Waals surface area contributed by atoms with E-state index in [0.29, 0.717) is 11.4 Å². The first kappa shape index (κ1) is 14.5. The van der Waals surface area contributed by atoms with Crippen LogP contribution in [0.15, 0.2) is 17.0 Å². The molecule has 4 nitrogen and oxygen atoms in total. The summed E-state index contributed by atoms with van der Waals surface area (Å²) in [5.41, 5.74) is 2.66. The van der Waals surface area contributed by atoms with Gasteiger partial charge in [-0.1, -0.05) is 17.7 Å². The van der Waals surface area contributed by atoms with Gasteiger partial charge >= 0.3 is 0 Å². The van der Waals surface area contributed by atoms with E-state index in [0.717, 1.165) is 36.1 Å². The van der Waals surface area contributed by atoms with Crippen molar-refractivity contribution in [3.63, 3.8) is 0 Å². The second kappa shape index (κ2) is 5.61. The molecule has 1 N–H and O–H groups in total. The van der Waals surface area contributed by atoms with Gasteiger partial charge in [-0.3, -0.25) is 0 Å². The topological polar surface area (TPSA) is 55.4 Å². The van der Waals surface area contributed by atoms with Crippen molar-refractivity contribution in [3.8, 4) is 0 Å². The van der Waals surface area contributed by atoms with Gasteiger partial charge in [-0.15, -0.1) is 0 Å². The number of nitrogens with one attached hydrogen (secondary N) is 1. The Hall–Kier alpha value is -0.910. The predicted octanol–water partition coefficient (Wildman–Crippen LogP) is 2.07. The predicted molar refractivity (Wildman–Crippen MR) is 74.8 cm³/mol. The summed E-state index contributed by atoms with van der Waals surface area (Å²) >= 11 is 0. The summed E-state index contributed by atoms with van der Waals surface area (Å²) in [4.78, 5) is 0.399. The standard InChI is InChI=1S/C14H21NO3S/c1-10-7-11(2)14(12(3)8-10)19(16,17)15-9-13-5-4-6-18-13/h7-8,13,15H,4-6,9H2,1-3H3. The zero-order valence-electron chi connectivity index (χ0n) is 11.7. The van der Waals surface area contributed by atoms with E-state index in [1.807, 2.05) is 32.9 Å². The molecule has 0 amide bonds. The zero-order chi connectivity index (χ0) is 14.0. The first-order valence-corrected chi connectivity index (χ1v) is 8.07. The van der Waals surface area contributed by atoms with Gasteiger partial charge in [0.2, 0.25) is 10.0 Å². The van der Waals surface area contributed by atoms with E-state index < -0.39 is 10.0 Å². The molecule has 1 heterocycles. The molecule has 1 aliphatic rings. The molecule has 1 saturated heterocycles. The van der Waals surface area contributed by atoms with Crippen LogP contribution in [0.5, 0.6) is 0 Å². The minimum atomic E-state index is -3.46. The molecule has 5 heteroatoms. The average Bonchev–Trinajstić information content (AvgIpc) is 2.77. The molecule has 1 fully saturated rings. The Balaban J connectivity index is 2.19. The number of ether oxygens (including phenoxy) is 1. The van der Waals surface area contributed by atoms with Crippen molar-refractivity contribution in [1.29, 1.82) is 0 Å². The van der Waals surface area contributed by atoms with Crippen molar-refractivity contribution in [2.45, 2.75) is 44.6 Å². The van der Waals surface area contributed by atoms with Crippen LogP contribution >= 0.6 is 0 Å². The molecule has 1 aromatic carbocycles. The smallest absolute Gasteiger partial charge is 0.241 e. The SMILES string of the molecule is Cc1cc(C)c(S(=O)(=O)NCC2CCCO2)c(C)c1. The van der Waals surface area contributed by atoms with Crippen LogP contribution in [0.3, 0.4) is 0 Å². The highest BCUT2D eigenvalue weighted by Crippen LogP contribution is 2.22. The van der Waals surface area contributed by atoms with Gasteiger partial charge in [0.05, 0.1) is 11.0 Å². The third-order valence-corrected chi connectivity index (χ3v) is 5.13. The summed E-state index contributed by atoms with van der Waals surface area (Å²) in [6, 6.07) is 3.79. The first-order valence-electron chi connectivity index (χ1n) is 6.59. The Labute approximate surface area is 115 Å². The van der Waals surface area contributed by atoms with Crippen molar-refractivity contribution >= 4 is 10.0 Å². The maximum absolute atomic E-state index is 12.4. The minimum Gasteiger partial charge on any atom is -0.377 e. The summed E-state index contributed by atoms with van der Waals surface area (Å²) in [5, 5.41) is 0. The Kier molecular flexibility index (Phi) is 4.28. The Morgan fingerprint density at radius 1 is 1.26 bits per heavy atom. The van der Waals surface area contributed by atoms with Crippen LogP contribution in [0.4, 0.5) is 0 Å². The first-order chi connectivity index (χ1) is 8.90. The quantitative estimate of drug-likeness (QED) is 0.920. The van der Waals surface area contributed by atoms with Crippen LogP contribution in [0.1, 0.15) is 29.5 Å². The molecule has 0 aromatic heterocycles. The van der Waals surface area contributed by atoms with E-state index in [9.17, 15) is 8.42 Å². The van der Waals surface area contributed by atoms with Crippen LogP contribution in [-0.4, -0.2) is 27.7 Å². The molecule has 0 aliphatic carbocycles. The maximum atomic E-state index is 12.4. The number of hydrogen-bond acceptors (Lipinski definition) is 3. The molecule has 0 spiro atoms. The molecule has 1 atom stereocenters. The highest BCUT2D eigenvalue weighted by Gasteiger charge is 2.23. The number of benzene rings is 1. The van der Waals surface area contributed by atoms with E-state index in [2.05, 4.69) is 4.72 Å². The summed E-state index contributed by atoms with van der Waals surface area (Å²) in [7, 11) is -3.46. The van der Waals surface area contributed by atoms with Gasteiger partial charge in [0.25, 0.3) is 0 Å². The lowest BCUT2D eigenvalue weighted by molar-refractivity contribution is 0.114. The summed E-state index contributed by atoms with van der Waals surface area (Å²) < 4.78 is 32.9. The van der Waals surface area contributed by atoms with Crippen molar-refractivity contribution in [3.05, 3.63) is 28.8 Å². The normalized spacial score (nSPS) is 19.8. The molecule has 1 unspecified atom stereocenters. The Bertz CT molecular complexity index is 537. The fraction of sp³-hybridized carbons (Fsp3) is 0.571. The van der Waals surface area contributed by atoms with E-state index in [-0.39, 0.29) is 6.10 Å². The number of sulfonamides is 1. The largest absolute Gasteiger partial charge is 0.377 e. The van der Waals surface area contributed by atoms with E-state index in [4.69, 9.17) is 4.74 Å². The lowest BCUT2D eigenvalue weighted by Gasteiger charge is -2.15. The van der Waals surface area contributed by atoms with Gasteiger partial charge in [-0.2, -0.15) is 0 Å². The van der Waals surface area contributed by atoms with Crippen LogP contribution < -0.4 is 4.72 Å². The molecule has 1 aromatic rings. The molecule has 1 aliphatic heterocycles. The Morgan fingerprint density at radius 2 is 1.89 bits per heavy atom. The molecule has 0 radical (unpaired) electrons. The van der Waals surface area contributed by atoms with Gasteiger partial charge in [0.15, 0.2) is 0 Å². The van der Waals surface area contributed by atoms with Crippen LogP contribution in [0, 0.1) is 20.8 Å². The minimum absolute atomic E-state index is 0.0147. The highest BCUT2D eigenvalue weighted by atomic mass is 32.2. The van der Waals surface area contributed by atoms with Crippen molar-refractivity contribution in [2.75, 3.05) is 13.2 Å². The zero-order valence-corrected chi connectivity index (χ0v) is 12.5. The van der Waals surface area contributed by atoms with Crippen LogP contribution in [0.25, 0.3) is 0 Å². The van der Waals surface area contributed by atoms with Gasteiger partial charge < -0.3 is 4.74 Å². The van der Waals surface area contributed by atoms with Gasteiger partial charge in [0, 0.05) is 13.2 Å². The molecule has 2 rings (SSSR count). The second-order valence-corrected chi connectivity index (χ2v) is 6.92. The van der Waals surface area contributed by atoms with Crippen molar-refractivity contribution in [1.82, 2.24) is 4.72 Å². The van der Waals surface area contributed by atoms with Crippen LogP contribution in [0.2, 0.25) is 0 Å². The maximum Gasteiger partial charge on any atom is 0.241 e. The third kappa shape index (κ3) is 3.35. The lowest BCUT2D eigenvalue weighted by atomic mass is 10.1. The van der Waals surface area contributed by atoms with Gasteiger partial charge in [-0.25, -0.2) is 13.1 Å². The van der Waals surface area contributed by atoms with E-state index >= 15 is 0 Å². The number of hydrogen-bond donors (Lipinski definition) is 1. The third-order valence-electron chi connectivity index (χ3n) is 3.40. The molecule has 0 bridgehead atoms. The average molecular weight is 283 g/mol. The van der Waals surface area contributed by atoms with Crippen LogP contribution in [-0.2, 0) is 14.8 Å². The summed E-state index contributed by atoms with van der Waals surface area (Å²) in [5.74, 6) is 0. The fourth-order valence-electron chi connectivity index (χ4n) is 2.67. The monoisotopic (exact) mass is 283 g/mol. The lowest BCUT2D eigenvalue weighted by Crippen LogP contribution is -2.32. The van der Waals surface area contributed by atoms with E-state index in [1.54, 1.807) is 0 Å². The number of aryl methyl sites for hydroxylation is 3. The van der Waals surface area contributed by atoms with Crippen molar-refractivity contribution in [2.24, 2.45) is 0 Å². The van der Waals surface area contributed by atoms with Gasteiger partial charge in [-0.05, 0) is 44.7 Å². The number of rotatable bonds is 4. The Morgan fingerprint density at radius 3 is 2.42 bits per heavy atom.